The number of hydrogen-bond acceptors (Lipinski definition) is 7. The molecule has 8 nitrogen and oxygen atoms in total. The molecule has 3 aromatic carbocycles. The third-order valence-corrected chi connectivity index (χ3v) is 5.80. The molecule has 3 aromatic rings. The van der Waals surface area contributed by atoms with Gasteiger partial charge in [-0.05, 0) is 79.1 Å². The Morgan fingerprint density at radius 3 is 2.22 bits per heavy atom. The molecule has 1 aliphatic heterocycles. The Hall–Kier alpha value is -4.67. The highest BCUT2D eigenvalue weighted by Crippen LogP contribution is 2.34. The van der Waals surface area contributed by atoms with E-state index < -0.39 is 18.9 Å². The third-order valence-electron chi connectivity index (χ3n) is 5.80. The third kappa shape index (κ3) is 8.41. The van der Waals surface area contributed by atoms with Crippen molar-refractivity contribution in [3.05, 3.63) is 83.4 Å². The fraction of sp³-hybridized carbons (Fsp3) is 0.267. The lowest BCUT2D eigenvalue weighted by atomic mass is 9.99. The molecule has 0 spiro atoms. The fourth-order valence-electron chi connectivity index (χ4n) is 3.93. The second-order valence-electron chi connectivity index (χ2n) is 8.96. The summed E-state index contributed by atoms with van der Waals surface area (Å²) in [6.45, 7) is 4.02. The summed E-state index contributed by atoms with van der Waals surface area (Å²) in [5.74, 6) is 0.538. The van der Waals surface area contributed by atoms with Crippen molar-refractivity contribution in [2.45, 2.75) is 26.6 Å². The predicted octanol–water partition coefficient (Wildman–Crippen LogP) is 6.52. The van der Waals surface area contributed by atoms with Crippen molar-refractivity contribution < 1.29 is 46.8 Å². The van der Waals surface area contributed by atoms with Gasteiger partial charge in [0.15, 0.2) is 13.2 Å². The number of aliphatic carboxylic acids is 1. The quantitative estimate of drug-likeness (QED) is 0.264. The Kier molecular flexibility index (Phi) is 9.38. The molecular formula is C30H28F3NO7. The lowest BCUT2D eigenvalue weighted by Gasteiger charge is -2.22. The number of carbonyl (C=O) groups is 1. The van der Waals surface area contributed by atoms with Gasteiger partial charge in [-0.25, -0.2) is 9.79 Å². The summed E-state index contributed by atoms with van der Waals surface area (Å²) in [7, 11) is 0. The van der Waals surface area contributed by atoms with E-state index in [1.807, 2.05) is 31.2 Å². The average Bonchev–Trinajstić information content (AvgIpc) is 2.94. The Bertz CT molecular complexity index is 1420. The molecule has 0 aromatic heterocycles. The van der Waals surface area contributed by atoms with E-state index in [1.165, 1.54) is 24.3 Å². The van der Waals surface area contributed by atoms with E-state index in [0.717, 1.165) is 12.0 Å². The molecule has 41 heavy (non-hydrogen) atoms. The summed E-state index contributed by atoms with van der Waals surface area (Å²) in [5.41, 5.74) is 3.33. The molecule has 0 radical (unpaired) electrons. The molecular weight excluding hydrogens is 543 g/mol. The topological polar surface area (TPSA) is 95.8 Å². The number of aliphatic imine (C=N–C) groups is 1. The van der Waals surface area contributed by atoms with Crippen LogP contribution in [0, 0.1) is 6.92 Å². The molecule has 0 fully saturated rings. The van der Waals surface area contributed by atoms with E-state index in [9.17, 15) is 18.0 Å². The first kappa shape index (κ1) is 29.3. The van der Waals surface area contributed by atoms with Crippen LogP contribution in [0.15, 0.2) is 71.7 Å². The molecule has 0 saturated heterocycles. The van der Waals surface area contributed by atoms with Crippen molar-refractivity contribution in [1.82, 2.24) is 0 Å². The fourth-order valence-corrected chi connectivity index (χ4v) is 3.93. The first-order chi connectivity index (χ1) is 19.6. The number of halogens is 3. The van der Waals surface area contributed by atoms with Gasteiger partial charge in [0.2, 0.25) is 5.90 Å². The molecule has 1 heterocycles. The first-order valence-electron chi connectivity index (χ1n) is 12.7. The maximum Gasteiger partial charge on any atom is 0.573 e. The monoisotopic (exact) mass is 571 g/mol. The largest absolute Gasteiger partial charge is 0.573 e. The maximum atomic E-state index is 12.6. The van der Waals surface area contributed by atoms with Crippen molar-refractivity contribution in [2.75, 3.05) is 26.4 Å². The van der Waals surface area contributed by atoms with Crippen molar-refractivity contribution in [2.24, 2.45) is 4.99 Å². The molecule has 1 N–H and O–H groups in total. The van der Waals surface area contributed by atoms with Gasteiger partial charge in [0.25, 0.3) is 0 Å². The predicted molar refractivity (Wildman–Crippen MR) is 145 cm³/mol. The minimum atomic E-state index is -4.79. The minimum absolute atomic E-state index is 0.00159. The summed E-state index contributed by atoms with van der Waals surface area (Å²) >= 11 is 0. The summed E-state index contributed by atoms with van der Waals surface area (Å²) in [6.07, 6.45) is -3.92. The van der Waals surface area contributed by atoms with Crippen molar-refractivity contribution in [3.63, 3.8) is 0 Å². The van der Waals surface area contributed by atoms with Crippen LogP contribution in [0.1, 0.15) is 30.0 Å². The standard InChI is InChI=1S/C30H28F3NO7/c1-3-14-37-22-8-6-21(7-9-22)29-25(20-4-10-23(11-5-20)41-30(31,32)33)16-40-27(34-29)17-38-24-12-13-26(19(2)15-24)39-18-28(35)36/h4-13,15H,3,14,16-18H2,1-2H3,(H,35,36). The zero-order valence-electron chi connectivity index (χ0n) is 22.4. The lowest BCUT2D eigenvalue weighted by molar-refractivity contribution is -0.274. The number of aryl methyl sites for hydroxylation is 1. The SMILES string of the molecule is CCCOc1ccc(C2=C(c3ccc(OC(F)(F)F)cc3)COC(COc3ccc(OCC(=O)O)c(C)c3)=N2)cc1. The molecule has 216 valence electrons. The Balaban J connectivity index is 1.58. The van der Waals surface area contributed by atoms with Gasteiger partial charge in [0.1, 0.15) is 29.6 Å². The molecule has 0 saturated carbocycles. The zero-order valence-corrected chi connectivity index (χ0v) is 22.4. The summed E-state index contributed by atoms with van der Waals surface area (Å²) in [4.78, 5) is 15.5. The van der Waals surface area contributed by atoms with Gasteiger partial charge in [-0.15, -0.1) is 13.2 Å². The second-order valence-corrected chi connectivity index (χ2v) is 8.96. The number of ether oxygens (including phenoxy) is 5. The van der Waals surface area contributed by atoms with Crippen LogP contribution in [0.2, 0.25) is 0 Å². The highest BCUT2D eigenvalue weighted by Gasteiger charge is 2.31. The molecule has 4 rings (SSSR count). The molecule has 0 unspecified atom stereocenters. The average molecular weight is 572 g/mol. The van der Waals surface area contributed by atoms with Crippen LogP contribution in [0.3, 0.4) is 0 Å². The molecule has 11 heteroatoms. The van der Waals surface area contributed by atoms with E-state index >= 15 is 0 Å². The van der Waals surface area contributed by atoms with E-state index in [1.54, 1.807) is 25.1 Å². The summed E-state index contributed by atoms with van der Waals surface area (Å²) in [6, 6.07) is 17.9. The van der Waals surface area contributed by atoms with Gasteiger partial charge < -0.3 is 28.8 Å². The zero-order chi connectivity index (χ0) is 29.4. The first-order valence-corrected chi connectivity index (χ1v) is 12.7. The van der Waals surface area contributed by atoms with Crippen LogP contribution >= 0.6 is 0 Å². The van der Waals surface area contributed by atoms with E-state index in [0.29, 0.717) is 52.2 Å². The van der Waals surface area contributed by atoms with Gasteiger partial charge in [-0.1, -0.05) is 19.1 Å². The summed E-state index contributed by atoms with van der Waals surface area (Å²) < 4.78 is 64.5. The molecule has 0 aliphatic carbocycles. The number of nitrogens with zero attached hydrogens (tertiary/aromatic N) is 1. The Labute approximate surface area is 234 Å². The van der Waals surface area contributed by atoms with Crippen LogP contribution in [0.5, 0.6) is 23.0 Å². The van der Waals surface area contributed by atoms with Gasteiger partial charge in [0.05, 0.1) is 12.3 Å². The lowest BCUT2D eigenvalue weighted by Crippen LogP contribution is -2.21. The molecule has 0 amide bonds. The van der Waals surface area contributed by atoms with Crippen LogP contribution in [0.25, 0.3) is 11.3 Å². The van der Waals surface area contributed by atoms with Gasteiger partial charge in [0, 0.05) is 11.1 Å². The number of rotatable bonds is 12. The minimum Gasteiger partial charge on any atom is -0.494 e. The Morgan fingerprint density at radius 1 is 0.927 bits per heavy atom. The number of benzene rings is 3. The van der Waals surface area contributed by atoms with Crippen molar-refractivity contribution in [3.8, 4) is 23.0 Å². The molecule has 1 aliphatic rings. The highest BCUT2D eigenvalue weighted by molar-refractivity contribution is 5.99. The van der Waals surface area contributed by atoms with Gasteiger partial charge >= 0.3 is 12.3 Å². The second kappa shape index (κ2) is 13.1. The van der Waals surface area contributed by atoms with E-state index in [2.05, 4.69) is 4.74 Å². The smallest absolute Gasteiger partial charge is 0.494 e. The normalized spacial score (nSPS) is 13.2. The highest BCUT2D eigenvalue weighted by atomic mass is 19.4. The van der Waals surface area contributed by atoms with Gasteiger partial charge in [-0.2, -0.15) is 0 Å². The van der Waals surface area contributed by atoms with Crippen molar-refractivity contribution >= 4 is 23.1 Å². The number of carboxylic acids is 1. The van der Waals surface area contributed by atoms with E-state index in [4.69, 9.17) is 29.0 Å². The molecule has 0 atom stereocenters. The van der Waals surface area contributed by atoms with Crippen LogP contribution < -0.4 is 18.9 Å². The van der Waals surface area contributed by atoms with Crippen molar-refractivity contribution in [1.29, 1.82) is 0 Å². The van der Waals surface area contributed by atoms with Crippen LogP contribution in [-0.4, -0.2) is 49.8 Å². The number of alkyl halides is 3. The van der Waals surface area contributed by atoms with Gasteiger partial charge in [-0.3, -0.25) is 0 Å². The maximum absolute atomic E-state index is 12.6. The molecule has 0 bridgehead atoms. The van der Waals surface area contributed by atoms with Crippen LogP contribution in [-0.2, 0) is 9.53 Å². The Morgan fingerprint density at radius 2 is 1.59 bits per heavy atom. The van der Waals surface area contributed by atoms with Crippen LogP contribution in [0.4, 0.5) is 13.2 Å². The number of hydrogen-bond donors (Lipinski definition) is 1. The number of carboxylic acid groups (broad SMARTS) is 1. The summed E-state index contributed by atoms with van der Waals surface area (Å²) in [5, 5.41) is 8.81. The van der Waals surface area contributed by atoms with E-state index in [-0.39, 0.29) is 19.0 Å².